The van der Waals surface area contributed by atoms with Crippen molar-refractivity contribution in [3.63, 3.8) is 0 Å². The molecule has 0 bridgehead atoms. The number of hydrogen-bond acceptors (Lipinski definition) is 5. The number of amides is 1. The molecule has 6 nitrogen and oxygen atoms in total. The minimum Gasteiger partial charge on any atom is -0.465 e. The van der Waals surface area contributed by atoms with Crippen molar-refractivity contribution in [3.05, 3.63) is 23.8 Å². The third kappa shape index (κ3) is 4.17. The number of carbonyl (C=O) groups is 2. The number of benzene rings is 1. The Morgan fingerprint density at radius 2 is 2.05 bits per heavy atom. The zero-order valence-corrected chi connectivity index (χ0v) is 11.4. The molecule has 1 amide bonds. The van der Waals surface area contributed by atoms with Crippen LogP contribution in [0, 0.1) is 0 Å². The number of carbonyl (C=O) groups excluding carboxylic acids is 2. The van der Waals surface area contributed by atoms with Gasteiger partial charge in [-0.25, -0.2) is 0 Å². The number of nitrogens with two attached hydrogens (primary N) is 1. The molecular weight excluding hydrogens is 246 g/mol. The Balaban J connectivity index is 2.80. The van der Waals surface area contributed by atoms with Gasteiger partial charge < -0.3 is 20.7 Å². The van der Waals surface area contributed by atoms with Gasteiger partial charge in [0.05, 0.1) is 18.0 Å². The van der Waals surface area contributed by atoms with Crippen molar-refractivity contribution in [1.29, 1.82) is 0 Å². The molecule has 0 saturated carbocycles. The van der Waals surface area contributed by atoms with E-state index in [-0.39, 0.29) is 18.4 Å². The molecule has 1 rings (SSSR count). The summed E-state index contributed by atoms with van der Waals surface area (Å²) in [4.78, 5) is 24.5. The largest absolute Gasteiger partial charge is 0.465 e. The summed E-state index contributed by atoms with van der Waals surface area (Å²) >= 11 is 0. The second-order valence-electron chi connectivity index (χ2n) is 4.16. The highest BCUT2D eigenvalue weighted by Crippen LogP contribution is 2.20. The molecule has 0 aliphatic heterocycles. The average molecular weight is 265 g/mol. The predicted molar refractivity (Wildman–Crippen MR) is 74.0 cm³/mol. The fourth-order valence-electron chi connectivity index (χ4n) is 1.48. The van der Waals surface area contributed by atoms with Gasteiger partial charge in [-0.3, -0.25) is 9.59 Å². The maximum absolute atomic E-state index is 11.8. The Kier molecular flexibility index (Phi) is 5.17. The van der Waals surface area contributed by atoms with Gasteiger partial charge in [0.25, 0.3) is 5.91 Å². The van der Waals surface area contributed by atoms with Crippen LogP contribution in [0.2, 0.25) is 0 Å². The number of rotatable bonds is 5. The minimum absolute atomic E-state index is 0.0116. The number of ether oxygens (including phenoxy) is 1. The number of nitrogens with zero attached hydrogens (tertiary/aromatic N) is 1. The monoisotopic (exact) mass is 265 g/mol. The van der Waals surface area contributed by atoms with Crippen molar-refractivity contribution < 1.29 is 14.3 Å². The lowest BCUT2D eigenvalue weighted by Crippen LogP contribution is -2.22. The molecule has 1 aromatic rings. The first-order chi connectivity index (χ1) is 8.95. The van der Waals surface area contributed by atoms with Gasteiger partial charge in [-0.15, -0.1) is 0 Å². The highest BCUT2D eigenvalue weighted by Gasteiger charge is 2.11. The van der Waals surface area contributed by atoms with Crippen molar-refractivity contribution in [1.82, 2.24) is 4.90 Å². The topological polar surface area (TPSA) is 84.7 Å². The van der Waals surface area contributed by atoms with Crippen LogP contribution in [-0.2, 0) is 9.53 Å². The number of anilines is 2. The highest BCUT2D eigenvalue weighted by atomic mass is 16.5. The van der Waals surface area contributed by atoms with E-state index >= 15 is 0 Å². The van der Waals surface area contributed by atoms with E-state index in [9.17, 15) is 9.59 Å². The predicted octanol–water partition coefficient (Wildman–Crippen LogP) is 0.946. The third-order valence-corrected chi connectivity index (χ3v) is 2.43. The molecular formula is C13H19N3O3. The van der Waals surface area contributed by atoms with E-state index < -0.39 is 0 Å². The van der Waals surface area contributed by atoms with Crippen LogP contribution >= 0.6 is 0 Å². The van der Waals surface area contributed by atoms with Crippen LogP contribution in [0.15, 0.2) is 18.2 Å². The molecule has 0 fully saturated rings. The summed E-state index contributed by atoms with van der Waals surface area (Å²) in [5, 5.41) is 2.86. The van der Waals surface area contributed by atoms with E-state index in [1.807, 2.05) is 0 Å². The number of hydrogen-bond donors (Lipinski definition) is 2. The quantitative estimate of drug-likeness (QED) is 0.611. The first-order valence-electron chi connectivity index (χ1n) is 5.96. The summed E-state index contributed by atoms with van der Waals surface area (Å²) in [7, 11) is 3.34. The molecule has 0 aliphatic carbocycles. The highest BCUT2D eigenvalue weighted by molar-refractivity contribution is 5.96. The third-order valence-electron chi connectivity index (χ3n) is 2.43. The average Bonchev–Trinajstić information content (AvgIpc) is 2.37. The number of nitrogen functional groups attached to an aromatic ring is 1. The van der Waals surface area contributed by atoms with E-state index in [1.54, 1.807) is 39.2 Å². The van der Waals surface area contributed by atoms with Crippen LogP contribution in [0.1, 0.15) is 17.3 Å². The standard InChI is InChI=1S/C13H19N3O3/c1-4-19-12(17)8-15-11-7-9(5-6-10(11)14)13(18)16(2)3/h5-7,15H,4,8,14H2,1-3H3. The van der Waals surface area contributed by atoms with E-state index in [2.05, 4.69) is 5.32 Å². The Morgan fingerprint density at radius 1 is 1.37 bits per heavy atom. The van der Waals surface area contributed by atoms with E-state index in [1.165, 1.54) is 4.90 Å². The zero-order chi connectivity index (χ0) is 14.4. The summed E-state index contributed by atoms with van der Waals surface area (Å²) < 4.78 is 4.80. The van der Waals surface area contributed by atoms with Crippen molar-refractivity contribution >= 4 is 23.3 Å². The number of nitrogens with one attached hydrogen (secondary N) is 1. The van der Waals surface area contributed by atoms with Gasteiger partial charge >= 0.3 is 5.97 Å². The second kappa shape index (κ2) is 6.63. The lowest BCUT2D eigenvalue weighted by Gasteiger charge is -2.13. The van der Waals surface area contributed by atoms with Crippen LogP contribution in [-0.4, -0.2) is 44.0 Å². The smallest absolute Gasteiger partial charge is 0.325 e. The fraction of sp³-hybridized carbons (Fsp3) is 0.385. The van der Waals surface area contributed by atoms with Crippen molar-refractivity contribution in [3.8, 4) is 0 Å². The second-order valence-corrected chi connectivity index (χ2v) is 4.16. The van der Waals surface area contributed by atoms with Crippen molar-refractivity contribution in [2.75, 3.05) is 38.3 Å². The van der Waals surface area contributed by atoms with E-state index in [4.69, 9.17) is 10.5 Å². The summed E-state index contributed by atoms with van der Waals surface area (Å²) in [5.41, 5.74) is 7.31. The summed E-state index contributed by atoms with van der Waals surface area (Å²) in [6.07, 6.45) is 0. The van der Waals surface area contributed by atoms with Gasteiger partial charge in [0.1, 0.15) is 6.54 Å². The molecule has 0 spiro atoms. The van der Waals surface area contributed by atoms with Gasteiger partial charge in [0.15, 0.2) is 0 Å². The van der Waals surface area contributed by atoms with Crippen LogP contribution in [0.5, 0.6) is 0 Å². The Morgan fingerprint density at radius 3 is 2.63 bits per heavy atom. The zero-order valence-electron chi connectivity index (χ0n) is 11.4. The number of esters is 1. The minimum atomic E-state index is -0.369. The first kappa shape index (κ1) is 14.8. The maximum Gasteiger partial charge on any atom is 0.325 e. The van der Waals surface area contributed by atoms with Crippen molar-refractivity contribution in [2.45, 2.75) is 6.92 Å². The van der Waals surface area contributed by atoms with Crippen LogP contribution < -0.4 is 11.1 Å². The lowest BCUT2D eigenvalue weighted by molar-refractivity contribution is -0.140. The molecule has 3 N–H and O–H groups in total. The Labute approximate surface area is 112 Å². The van der Waals surface area contributed by atoms with Gasteiger partial charge in [-0.05, 0) is 25.1 Å². The summed E-state index contributed by atoms with van der Waals surface area (Å²) in [6, 6.07) is 4.90. The first-order valence-corrected chi connectivity index (χ1v) is 5.96. The van der Waals surface area contributed by atoms with Gasteiger partial charge in [-0.2, -0.15) is 0 Å². The van der Waals surface area contributed by atoms with Gasteiger partial charge in [0.2, 0.25) is 0 Å². The van der Waals surface area contributed by atoms with Gasteiger partial charge in [0, 0.05) is 19.7 Å². The molecule has 0 unspecified atom stereocenters. The van der Waals surface area contributed by atoms with Crippen LogP contribution in [0.4, 0.5) is 11.4 Å². The van der Waals surface area contributed by atoms with E-state index in [0.717, 1.165) is 0 Å². The molecule has 19 heavy (non-hydrogen) atoms. The van der Waals surface area contributed by atoms with Crippen LogP contribution in [0.25, 0.3) is 0 Å². The molecule has 0 radical (unpaired) electrons. The maximum atomic E-state index is 11.8. The van der Waals surface area contributed by atoms with E-state index in [0.29, 0.717) is 23.5 Å². The molecule has 0 heterocycles. The lowest BCUT2D eigenvalue weighted by atomic mass is 10.1. The van der Waals surface area contributed by atoms with Crippen molar-refractivity contribution in [2.24, 2.45) is 0 Å². The van der Waals surface area contributed by atoms with Crippen LogP contribution in [0.3, 0.4) is 0 Å². The van der Waals surface area contributed by atoms with Gasteiger partial charge in [-0.1, -0.05) is 0 Å². The normalized spacial score (nSPS) is 9.84. The summed E-state index contributed by atoms with van der Waals surface area (Å²) in [6.45, 7) is 2.08. The molecule has 0 atom stereocenters. The molecule has 0 aliphatic rings. The Hall–Kier alpha value is -2.24. The molecule has 0 saturated heterocycles. The molecule has 6 heteroatoms. The summed E-state index contributed by atoms with van der Waals surface area (Å²) in [5.74, 6) is -0.495. The SMILES string of the molecule is CCOC(=O)CNc1cc(C(=O)N(C)C)ccc1N. The molecule has 1 aromatic carbocycles. The molecule has 104 valence electrons. The molecule has 0 aromatic heterocycles. The fourth-order valence-corrected chi connectivity index (χ4v) is 1.48. The Bertz CT molecular complexity index is 472.